The number of nitrogens with zero attached hydrogens (tertiary/aromatic N) is 2. The zero-order chi connectivity index (χ0) is 25.2. The van der Waals surface area contributed by atoms with Crippen LogP contribution >= 0.6 is 0 Å². The van der Waals surface area contributed by atoms with Crippen molar-refractivity contribution in [3.05, 3.63) is 89.7 Å². The number of hydrogen-bond acceptors (Lipinski definition) is 4. The Bertz CT molecular complexity index is 1350. The third kappa shape index (κ3) is 5.84. The van der Waals surface area contributed by atoms with E-state index >= 15 is 0 Å². The van der Waals surface area contributed by atoms with Gasteiger partial charge in [0.25, 0.3) is 5.91 Å². The molecule has 35 heavy (non-hydrogen) atoms. The number of rotatable bonds is 6. The maximum Gasteiger partial charge on any atom is 0.416 e. The summed E-state index contributed by atoms with van der Waals surface area (Å²) in [6.45, 7) is 4.25. The molecule has 0 spiro atoms. The monoisotopic (exact) mass is 478 g/mol. The van der Waals surface area contributed by atoms with Crippen LogP contribution in [0.5, 0.6) is 0 Å². The Hall–Kier alpha value is -3.78. The molecule has 0 aliphatic heterocycles. The van der Waals surface area contributed by atoms with Crippen molar-refractivity contribution < 1.29 is 18.0 Å². The molecule has 0 fully saturated rings. The highest BCUT2D eigenvalue weighted by molar-refractivity contribution is 6.04. The number of carbonyl (C=O) groups excluding carboxylic acids is 1. The van der Waals surface area contributed by atoms with E-state index in [1.165, 1.54) is 0 Å². The fourth-order valence-electron chi connectivity index (χ4n) is 3.83. The predicted octanol–water partition coefficient (Wildman–Crippen LogP) is 6.61. The topological polar surface area (TPSA) is 80.9 Å². The Labute approximate surface area is 201 Å². The molecule has 0 saturated carbocycles. The number of benzene rings is 2. The van der Waals surface area contributed by atoms with Crippen molar-refractivity contribution in [2.24, 2.45) is 11.7 Å². The fourth-order valence-corrected chi connectivity index (χ4v) is 3.83. The molecule has 5 nitrogen and oxygen atoms in total. The summed E-state index contributed by atoms with van der Waals surface area (Å²) in [5, 5.41) is 3.60. The van der Waals surface area contributed by atoms with E-state index in [-0.39, 0.29) is 11.6 Å². The second kappa shape index (κ2) is 9.84. The lowest BCUT2D eigenvalue weighted by atomic mass is 10.00. The predicted molar refractivity (Wildman–Crippen MR) is 131 cm³/mol. The summed E-state index contributed by atoms with van der Waals surface area (Å²) in [4.78, 5) is 21.4. The van der Waals surface area contributed by atoms with Gasteiger partial charge in [0.15, 0.2) is 0 Å². The number of nitrogens with two attached hydrogens (primary N) is 1. The van der Waals surface area contributed by atoms with Gasteiger partial charge in [-0.3, -0.25) is 9.78 Å². The first-order valence-electron chi connectivity index (χ1n) is 11.2. The number of carbonyl (C=O) groups is 1. The minimum atomic E-state index is -4.46. The average molecular weight is 479 g/mol. The highest BCUT2D eigenvalue weighted by Gasteiger charge is 2.30. The summed E-state index contributed by atoms with van der Waals surface area (Å²) in [6.07, 6.45) is -2.04. The second-order valence-corrected chi connectivity index (χ2v) is 8.84. The third-order valence-corrected chi connectivity index (χ3v) is 5.63. The van der Waals surface area contributed by atoms with Crippen molar-refractivity contribution in [2.45, 2.75) is 32.5 Å². The van der Waals surface area contributed by atoms with E-state index in [2.05, 4.69) is 24.1 Å². The molecule has 1 unspecified atom stereocenters. The van der Waals surface area contributed by atoms with Crippen LogP contribution in [0, 0.1) is 5.92 Å². The summed E-state index contributed by atoms with van der Waals surface area (Å²) >= 11 is 0. The van der Waals surface area contributed by atoms with E-state index in [1.807, 2.05) is 36.4 Å². The van der Waals surface area contributed by atoms with Gasteiger partial charge in [-0.1, -0.05) is 26.0 Å². The van der Waals surface area contributed by atoms with Crippen LogP contribution in [0.2, 0.25) is 0 Å². The van der Waals surface area contributed by atoms with Crippen LogP contribution < -0.4 is 11.1 Å². The van der Waals surface area contributed by atoms with E-state index in [4.69, 9.17) is 10.7 Å². The number of aromatic nitrogens is 2. The Kier molecular flexibility index (Phi) is 6.84. The summed E-state index contributed by atoms with van der Waals surface area (Å²) < 4.78 is 38.3. The van der Waals surface area contributed by atoms with Gasteiger partial charge in [0, 0.05) is 23.2 Å². The van der Waals surface area contributed by atoms with Gasteiger partial charge in [-0.15, -0.1) is 0 Å². The highest BCUT2D eigenvalue weighted by Crippen LogP contribution is 2.30. The zero-order valence-corrected chi connectivity index (χ0v) is 19.3. The van der Waals surface area contributed by atoms with Gasteiger partial charge in [0.2, 0.25) is 0 Å². The molecule has 0 aliphatic carbocycles. The normalized spacial score (nSPS) is 12.7. The van der Waals surface area contributed by atoms with Gasteiger partial charge in [0.1, 0.15) is 5.82 Å². The number of fused-ring (bicyclic) bond motifs is 1. The van der Waals surface area contributed by atoms with E-state index < -0.39 is 17.6 Å². The number of nitrogens with one attached hydrogen (secondary N) is 1. The Morgan fingerprint density at radius 1 is 0.971 bits per heavy atom. The van der Waals surface area contributed by atoms with Crippen LogP contribution in [0.15, 0.2) is 72.9 Å². The molecule has 8 heteroatoms. The number of amides is 1. The zero-order valence-electron chi connectivity index (χ0n) is 19.3. The molecule has 0 bridgehead atoms. The fraction of sp³-hybridized carbons (Fsp3) is 0.222. The highest BCUT2D eigenvalue weighted by atomic mass is 19.4. The molecule has 4 aromatic rings. The van der Waals surface area contributed by atoms with E-state index in [1.54, 1.807) is 12.3 Å². The Balaban J connectivity index is 1.53. The minimum absolute atomic E-state index is 0.105. The molecule has 2 heterocycles. The summed E-state index contributed by atoms with van der Waals surface area (Å²) in [5.41, 5.74) is 9.01. The molecular formula is C27H25F3N4O. The van der Waals surface area contributed by atoms with Crippen LogP contribution in [0.3, 0.4) is 0 Å². The van der Waals surface area contributed by atoms with Crippen molar-refractivity contribution in [1.82, 2.24) is 9.97 Å². The maximum atomic E-state index is 12.8. The molecular weight excluding hydrogens is 453 g/mol. The molecule has 3 N–H and O–H groups in total. The van der Waals surface area contributed by atoms with Crippen LogP contribution in [0.1, 0.15) is 47.9 Å². The van der Waals surface area contributed by atoms with Gasteiger partial charge in [-0.05, 0) is 78.1 Å². The lowest BCUT2D eigenvalue weighted by molar-refractivity contribution is -0.137. The number of anilines is 1. The van der Waals surface area contributed by atoms with Gasteiger partial charge >= 0.3 is 6.18 Å². The molecule has 4 rings (SSSR count). The van der Waals surface area contributed by atoms with E-state index in [0.717, 1.165) is 58.4 Å². The first-order valence-corrected chi connectivity index (χ1v) is 11.2. The third-order valence-electron chi connectivity index (χ3n) is 5.63. The van der Waals surface area contributed by atoms with Crippen molar-refractivity contribution in [3.8, 4) is 11.1 Å². The summed E-state index contributed by atoms with van der Waals surface area (Å²) in [7, 11) is 0. The first kappa shape index (κ1) is 24.3. The second-order valence-electron chi connectivity index (χ2n) is 8.84. The van der Waals surface area contributed by atoms with Crippen molar-refractivity contribution in [1.29, 1.82) is 0 Å². The maximum absolute atomic E-state index is 12.8. The number of halogens is 3. The van der Waals surface area contributed by atoms with Crippen molar-refractivity contribution in [3.63, 3.8) is 0 Å². The van der Waals surface area contributed by atoms with E-state index in [9.17, 15) is 18.0 Å². The molecule has 180 valence electrons. The number of pyridine rings is 2. The van der Waals surface area contributed by atoms with Crippen molar-refractivity contribution in [2.75, 3.05) is 5.32 Å². The molecule has 0 aliphatic rings. The van der Waals surface area contributed by atoms with Gasteiger partial charge in [-0.25, -0.2) is 4.98 Å². The quantitative estimate of drug-likeness (QED) is 0.327. The van der Waals surface area contributed by atoms with E-state index in [0.29, 0.717) is 11.7 Å². The minimum Gasteiger partial charge on any atom is -0.323 e. The molecule has 2 aromatic carbocycles. The van der Waals surface area contributed by atoms with Gasteiger partial charge in [-0.2, -0.15) is 13.2 Å². The SMILES string of the molecule is CC(C)CC(N)c1ccc2cc(-c3ccnc(NC(=O)c4ccc(C(F)(F)F)cc4)c3)ccc2n1. The molecule has 1 amide bonds. The van der Waals surface area contributed by atoms with Crippen LogP contribution in [-0.4, -0.2) is 15.9 Å². The lowest BCUT2D eigenvalue weighted by Crippen LogP contribution is -2.14. The van der Waals surface area contributed by atoms with Crippen LogP contribution in [-0.2, 0) is 6.18 Å². The Morgan fingerprint density at radius 2 is 1.69 bits per heavy atom. The molecule has 1 atom stereocenters. The summed E-state index contributed by atoms with van der Waals surface area (Å²) in [6, 6.07) is 17.2. The first-order chi connectivity index (χ1) is 16.6. The smallest absolute Gasteiger partial charge is 0.323 e. The number of hydrogen-bond donors (Lipinski definition) is 2. The standard InChI is InChI=1S/C27H25F3N4O/c1-16(2)13-22(31)24-10-6-20-14-18(5-9-23(20)33-24)19-11-12-32-25(15-19)34-26(35)17-3-7-21(8-4-17)27(28,29)30/h3-12,14-16,22H,13,31H2,1-2H3,(H,32,34,35). The average Bonchev–Trinajstić information content (AvgIpc) is 2.82. The Morgan fingerprint density at radius 3 is 2.37 bits per heavy atom. The molecule has 0 saturated heterocycles. The largest absolute Gasteiger partial charge is 0.416 e. The van der Waals surface area contributed by atoms with Gasteiger partial charge < -0.3 is 11.1 Å². The lowest BCUT2D eigenvalue weighted by Gasteiger charge is -2.14. The van der Waals surface area contributed by atoms with Gasteiger partial charge in [0.05, 0.1) is 16.8 Å². The van der Waals surface area contributed by atoms with Crippen molar-refractivity contribution >= 4 is 22.6 Å². The molecule has 0 radical (unpaired) electrons. The van der Waals surface area contributed by atoms with Crippen LogP contribution in [0.4, 0.5) is 19.0 Å². The summed E-state index contributed by atoms with van der Waals surface area (Å²) in [5.74, 6) is 0.225. The number of alkyl halides is 3. The van der Waals surface area contributed by atoms with Crippen LogP contribution in [0.25, 0.3) is 22.0 Å². The molecule has 2 aromatic heterocycles.